The number of fused-ring (bicyclic) bond motifs is 1. The number of nitrogens with one attached hydrogen (secondary N) is 1. The van der Waals surface area contributed by atoms with Crippen molar-refractivity contribution in [1.29, 1.82) is 0 Å². The summed E-state index contributed by atoms with van der Waals surface area (Å²) in [5.74, 6) is 1.49. The first kappa shape index (κ1) is 15.6. The van der Waals surface area contributed by atoms with E-state index in [1.165, 1.54) is 5.56 Å². The van der Waals surface area contributed by atoms with Crippen LogP contribution < -0.4 is 5.32 Å². The number of amides is 1. The SMILES string of the molecule is CC(C)C(=O)N1CC[C@@H](N[C@H]2CC(C)(C)Cc3occc32)C1. The topological polar surface area (TPSA) is 45.5 Å². The Morgan fingerprint density at radius 2 is 2.23 bits per heavy atom. The monoisotopic (exact) mass is 304 g/mol. The van der Waals surface area contributed by atoms with Crippen molar-refractivity contribution in [3.63, 3.8) is 0 Å². The summed E-state index contributed by atoms with van der Waals surface area (Å²) >= 11 is 0. The van der Waals surface area contributed by atoms with Crippen molar-refractivity contribution in [3.05, 3.63) is 23.7 Å². The fraction of sp³-hybridized carbons (Fsp3) is 0.722. The molecule has 0 radical (unpaired) electrons. The Balaban J connectivity index is 1.66. The first-order valence-electron chi connectivity index (χ1n) is 8.47. The van der Waals surface area contributed by atoms with Gasteiger partial charge < -0.3 is 14.6 Å². The Hall–Kier alpha value is -1.29. The van der Waals surface area contributed by atoms with Crippen LogP contribution in [0.2, 0.25) is 0 Å². The smallest absolute Gasteiger partial charge is 0.225 e. The molecule has 22 heavy (non-hydrogen) atoms. The van der Waals surface area contributed by atoms with E-state index in [1.54, 1.807) is 0 Å². The van der Waals surface area contributed by atoms with E-state index >= 15 is 0 Å². The summed E-state index contributed by atoms with van der Waals surface area (Å²) in [7, 11) is 0. The number of hydrogen-bond donors (Lipinski definition) is 1. The van der Waals surface area contributed by atoms with Crippen molar-refractivity contribution in [2.75, 3.05) is 13.1 Å². The molecule has 1 fully saturated rings. The number of rotatable bonds is 3. The van der Waals surface area contributed by atoms with Gasteiger partial charge in [-0.25, -0.2) is 0 Å². The maximum Gasteiger partial charge on any atom is 0.225 e. The summed E-state index contributed by atoms with van der Waals surface area (Å²) in [5, 5.41) is 3.79. The van der Waals surface area contributed by atoms with E-state index in [4.69, 9.17) is 4.42 Å². The third-order valence-corrected chi connectivity index (χ3v) is 4.98. The zero-order chi connectivity index (χ0) is 15.9. The van der Waals surface area contributed by atoms with Crippen molar-refractivity contribution in [2.45, 2.75) is 59.0 Å². The lowest BCUT2D eigenvalue weighted by molar-refractivity contribution is -0.133. The molecule has 0 saturated carbocycles. The van der Waals surface area contributed by atoms with E-state index in [1.807, 2.05) is 25.0 Å². The molecule has 4 nitrogen and oxygen atoms in total. The lowest BCUT2D eigenvalue weighted by atomic mass is 9.74. The second-order valence-electron chi connectivity index (χ2n) is 7.99. The molecule has 1 aliphatic heterocycles. The molecule has 1 aromatic rings. The average Bonchev–Trinajstić information content (AvgIpc) is 3.05. The number of furan rings is 1. The highest BCUT2D eigenvalue weighted by atomic mass is 16.3. The van der Waals surface area contributed by atoms with Gasteiger partial charge in [-0.2, -0.15) is 0 Å². The zero-order valence-corrected chi connectivity index (χ0v) is 14.2. The molecule has 2 atom stereocenters. The molecule has 122 valence electrons. The number of nitrogens with zero attached hydrogens (tertiary/aromatic N) is 1. The molecule has 0 unspecified atom stereocenters. The van der Waals surface area contributed by atoms with Crippen LogP contribution in [0.3, 0.4) is 0 Å². The van der Waals surface area contributed by atoms with Crippen LogP contribution in [0.4, 0.5) is 0 Å². The molecule has 0 bridgehead atoms. The second kappa shape index (κ2) is 5.73. The summed E-state index contributed by atoms with van der Waals surface area (Å²) in [5.41, 5.74) is 1.57. The minimum absolute atomic E-state index is 0.0906. The molecule has 4 heteroatoms. The van der Waals surface area contributed by atoms with Crippen molar-refractivity contribution in [2.24, 2.45) is 11.3 Å². The van der Waals surface area contributed by atoms with Gasteiger partial charge >= 0.3 is 0 Å². The minimum atomic E-state index is 0.0906. The molecule has 1 amide bonds. The Kier molecular flexibility index (Phi) is 4.06. The van der Waals surface area contributed by atoms with E-state index in [2.05, 4.69) is 25.2 Å². The fourth-order valence-corrected chi connectivity index (χ4v) is 3.87. The molecular formula is C18H28N2O2. The lowest BCUT2D eigenvalue weighted by Crippen LogP contribution is -2.41. The molecule has 0 aromatic carbocycles. The van der Waals surface area contributed by atoms with Crippen LogP contribution in [0.15, 0.2) is 16.7 Å². The Labute approximate surface area is 133 Å². The van der Waals surface area contributed by atoms with Crippen LogP contribution >= 0.6 is 0 Å². The largest absolute Gasteiger partial charge is 0.469 e. The standard InChI is InChI=1S/C18H28N2O2/c1-12(2)17(21)20-7-5-13(11-20)19-15-9-18(3,4)10-16-14(15)6-8-22-16/h6,8,12-13,15,19H,5,7,9-11H2,1-4H3/t13-,15+/m1/s1. The summed E-state index contributed by atoms with van der Waals surface area (Å²) in [6, 6.07) is 2.84. The first-order valence-corrected chi connectivity index (χ1v) is 8.47. The predicted molar refractivity (Wildman–Crippen MR) is 86.5 cm³/mol. The van der Waals surface area contributed by atoms with Crippen LogP contribution in [0.1, 0.15) is 57.9 Å². The van der Waals surface area contributed by atoms with Crippen LogP contribution in [0.25, 0.3) is 0 Å². The van der Waals surface area contributed by atoms with E-state index < -0.39 is 0 Å². The normalized spacial score (nSPS) is 27.2. The molecular weight excluding hydrogens is 276 g/mol. The molecule has 1 N–H and O–H groups in total. The van der Waals surface area contributed by atoms with Gasteiger partial charge in [-0.1, -0.05) is 27.7 Å². The van der Waals surface area contributed by atoms with Crippen molar-refractivity contribution < 1.29 is 9.21 Å². The van der Waals surface area contributed by atoms with E-state index in [9.17, 15) is 4.79 Å². The van der Waals surface area contributed by atoms with E-state index in [0.717, 1.165) is 38.1 Å². The molecule has 1 aromatic heterocycles. The van der Waals surface area contributed by atoms with Gasteiger partial charge in [0.25, 0.3) is 0 Å². The second-order valence-corrected chi connectivity index (χ2v) is 7.99. The van der Waals surface area contributed by atoms with Gasteiger partial charge in [-0.05, 0) is 24.3 Å². The van der Waals surface area contributed by atoms with Crippen LogP contribution in [-0.2, 0) is 11.2 Å². The summed E-state index contributed by atoms with van der Waals surface area (Å²) in [4.78, 5) is 14.1. The maximum absolute atomic E-state index is 12.1. The van der Waals surface area contributed by atoms with Gasteiger partial charge in [-0.15, -0.1) is 0 Å². The molecule has 1 saturated heterocycles. The van der Waals surface area contributed by atoms with Crippen LogP contribution in [-0.4, -0.2) is 29.9 Å². The summed E-state index contributed by atoms with van der Waals surface area (Å²) in [6.07, 6.45) is 4.98. The molecule has 2 aliphatic rings. The number of carbonyl (C=O) groups excluding carboxylic acids is 1. The number of carbonyl (C=O) groups is 1. The van der Waals surface area contributed by atoms with Crippen molar-refractivity contribution in [1.82, 2.24) is 10.2 Å². The van der Waals surface area contributed by atoms with Crippen molar-refractivity contribution >= 4 is 5.91 Å². The predicted octanol–water partition coefficient (Wildman–Crippen LogP) is 3.14. The van der Waals surface area contributed by atoms with Gasteiger partial charge in [0.2, 0.25) is 5.91 Å². The lowest BCUT2D eigenvalue weighted by Gasteiger charge is -2.36. The quantitative estimate of drug-likeness (QED) is 0.933. The molecule has 0 spiro atoms. The van der Waals surface area contributed by atoms with Gasteiger partial charge in [-0.3, -0.25) is 4.79 Å². The fourth-order valence-electron chi connectivity index (χ4n) is 3.87. The highest BCUT2D eigenvalue weighted by Crippen LogP contribution is 2.41. The van der Waals surface area contributed by atoms with E-state index in [0.29, 0.717) is 12.1 Å². The summed E-state index contributed by atoms with van der Waals surface area (Å²) in [6.45, 7) is 10.3. The molecule has 3 rings (SSSR count). The number of hydrogen-bond acceptors (Lipinski definition) is 3. The highest BCUT2D eigenvalue weighted by Gasteiger charge is 2.36. The zero-order valence-electron chi connectivity index (χ0n) is 14.2. The van der Waals surface area contributed by atoms with E-state index in [-0.39, 0.29) is 17.2 Å². The van der Waals surface area contributed by atoms with Gasteiger partial charge in [0.15, 0.2) is 0 Å². The van der Waals surface area contributed by atoms with Crippen LogP contribution in [0.5, 0.6) is 0 Å². The minimum Gasteiger partial charge on any atom is -0.469 e. The average molecular weight is 304 g/mol. The first-order chi connectivity index (χ1) is 10.4. The van der Waals surface area contributed by atoms with Gasteiger partial charge in [0, 0.05) is 43.1 Å². The third-order valence-electron chi connectivity index (χ3n) is 4.98. The van der Waals surface area contributed by atoms with Gasteiger partial charge in [0.1, 0.15) is 5.76 Å². The summed E-state index contributed by atoms with van der Waals surface area (Å²) < 4.78 is 5.67. The van der Waals surface area contributed by atoms with Crippen LogP contribution in [0, 0.1) is 11.3 Å². The maximum atomic E-state index is 12.1. The molecule has 2 heterocycles. The van der Waals surface area contributed by atoms with Crippen molar-refractivity contribution in [3.8, 4) is 0 Å². The number of likely N-dealkylation sites (tertiary alicyclic amines) is 1. The Morgan fingerprint density at radius 3 is 2.95 bits per heavy atom. The van der Waals surface area contributed by atoms with Gasteiger partial charge in [0.05, 0.1) is 6.26 Å². The highest BCUT2D eigenvalue weighted by molar-refractivity contribution is 5.78. The Morgan fingerprint density at radius 1 is 1.45 bits per heavy atom. The third kappa shape index (κ3) is 3.07. The Bertz CT molecular complexity index is 547. The molecule has 1 aliphatic carbocycles.